The van der Waals surface area contributed by atoms with Crippen LogP contribution in [0.3, 0.4) is 0 Å². The van der Waals surface area contributed by atoms with Crippen molar-refractivity contribution >= 4 is 38.3 Å². The second kappa shape index (κ2) is 9.01. The topological polar surface area (TPSA) is 72.9 Å². The van der Waals surface area contributed by atoms with Crippen molar-refractivity contribution in [2.75, 3.05) is 44.6 Å². The zero-order valence-electron chi connectivity index (χ0n) is 18.2. The fourth-order valence-corrected chi connectivity index (χ4v) is 5.00. The fraction of sp³-hybridized carbons (Fsp3) is 0.391. The van der Waals surface area contributed by atoms with Crippen LogP contribution in [-0.4, -0.2) is 45.3 Å². The minimum absolute atomic E-state index is 0.00819. The SMILES string of the molecule is COc1cc(NC(=O)C2CCN(c3nc4ccc(C)cc4s3)CC2)cc(OC)c1OC. The van der Waals surface area contributed by atoms with E-state index in [-0.39, 0.29) is 11.8 Å². The number of aromatic nitrogens is 1. The summed E-state index contributed by atoms with van der Waals surface area (Å²) in [6, 6.07) is 9.83. The summed E-state index contributed by atoms with van der Waals surface area (Å²) in [6.07, 6.45) is 1.57. The molecule has 164 valence electrons. The molecule has 1 fully saturated rings. The van der Waals surface area contributed by atoms with Crippen molar-refractivity contribution in [2.45, 2.75) is 19.8 Å². The number of carbonyl (C=O) groups excluding carboxylic acids is 1. The van der Waals surface area contributed by atoms with E-state index in [0.29, 0.717) is 22.9 Å². The maximum absolute atomic E-state index is 12.9. The van der Waals surface area contributed by atoms with E-state index in [1.54, 1.807) is 44.8 Å². The molecule has 8 heteroatoms. The predicted octanol–water partition coefficient (Wildman–Crippen LogP) is 4.49. The molecule has 1 N–H and O–H groups in total. The Bertz CT molecular complexity index is 1060. The van der Waals surface area contributed by atoms with E-state index in [1.165, 1.54) is 10.3 Å². The van der Waals surface area contributed by atoms with Crippen LogP contribution in [0.4, 0.5) is 10.8 Å². The predicted molar refractivity (Wildman–Crippen MR) is 124 cm³/mol. The van der Waals surface area contributed by atoms with Gasteiger partial charge in [-0.15, -0.1) is 0 Å². The van der Waals surface area contributed by atoms with Crippen molar-refractivity contribution in [2.24, 2.45) is 5.92 Å². The third-order valence-electron chi connectivity index (χ3n) is 5.60. The highest BCUT2D eigenvalue weighted by molar-refractivity contribution is 7.22. The highest BCUT2D eigenvalue weighted by Gasteiger charge is 2.27. The molecule has 3 aromatic rings. The van der Waals surface area contributed by atoms with Crippen LogP contribution in [0.15, 0.2) is 30.3 Å². The number of ether oxygens (including phenoxy) is 3. The van der Waals surface area contributed by atoms with E-state index in [0.717, 1.165) is 36.6 Å². The highest BCUT2D eigenvalue weighted by Crippen LogP contribution is 2.40. The summed E-state index contributed by atoms with van der Waals surface area (Å²) >= 11 is 1.72. The lowest BCUT2D eigenvalue weighted by atomic mass is 9.96. The number of rotatable bonds is 6. The molecule has 7 nitrogen and oxygen atoms in total. The maximum Gasteiger partial charge on any atom is 0.227 e. The summed E-state index contributed by atoms with van der Waals surface area (Å²) < 4.78 is 17.3. The van der Waals surface area contributed by atoms with Gasteiger partial charge in [0.05, 0.1) is 31.5 Å². The molecular weight excluding hydrogens is 414 g/mol. The number of benzene rings is 2. The second-order valence-electron chi connectivity index (χ2n) is 7.63. The van der Waals surface area contributed by atoms with Crippen molar-refractivity contribution in [1.29, 1.82) is 0 Å². The van der Waals surface area contributed by atoms with Gasteiger partial charge in [0, 0.05) is 36.8 Å². The molecule has 1 aliphatic heterocycles. The van der Waals surface area contributed by atoms with Crippen molar-refractivity contribution in [3.63, 3.8) is 0 Å². The number of piperidine rings is 1. The largest absolute Gasteiger partial charge is 0.493 e. The first-order chi connectivity index (χ1) is 15.0. The first kappa shape index (κ1) is 21.2. The zero-order valence-corrected chi connectivity index (χ0v) is 19.0. The third-order valence-corrected chi connectivity index (χ3v) is 6.68. The van der Waals surface area contributed by atoms with Crippen LogP contribution in [0, 0.1) is 12.8 Å². The highest BCUT2D eigenvalue weighted by atomic mass is 32.1. The van der Waals surface area contributed by atoms with Crippen LogP contribution in [0.25, 0.3) is 10.2 Å². The maximum atomic E-state index is 12.9. The molecule has 4 rings (SSSR count). The van der Waals surface area contributed by atoms with Crippen LogP contribution >= 0.6 is 11.3 Å². The molecule has 31 heavy (non-hydrogen) atoms. The van der Waals surface area contributed by atoms with Crippen molar-refractivity contribution in [3.8, 4) is 17.2 Å². The Kier molecular flexibility index (Phi) is 6.18. The van der Waals surface area contributed by atoms with Crippen molar-refractivity contribution in [3.05, 3.63) is 35.9 Å². The molecular formula is C23H27N3O4S. The molecule has 1 amide bonds. The number of hydrogen-bond acceptors (Lipinski definition) is 7. The molecule has 1 aliphatic rings. The lowest BCUT2D eigenvalue weighted by Crippen LogP contribution is -2.38. The molecule has 0 unspecified atom stereocenters. The van der Waals surface area contributed by atoms with Crippen molar-refractivity contribution in [1.82, 2.24) is 4.98 Å². The molecule has 1 aromatic heterocycles. The fourth-order valence-electron chi connectivity index (χ4n) is 3.89. The number of thiazole rings is 1. The van der Waals surface area contributed by atoms with Gasteiger partial charge < -0.3 is 24.4 Å². The van der Waals surface area contributed by atoms with Gasteiger partial charge in [-0.1, -0.05) is 17.4 Å². The Morgan fingerprint density at radius 3 is 2.35 bits per heavy atom. The van der Waals surface area contributed by atoms with E-state index in [2.05, 4.69) is 35.3 Å². The van der Waals surface area contributed by atoms with Gasteiger partial charge in [0.1, 0.15) is 0 Å². The molecule has 0 bridgehead atoms. The Morgan fingerprint density at radius 1 is 1.06 bits per heavy atom. The Balaban J connectivity index is 1.41. The lowest BCUT2D eigenvalue weighted by Gasteiger charge is -2.31. The summed E-state index contributed by atoms with van der Waals surface area (Å²) in [6.45, 7) is 3.72. The summed E-state index contributed by atoms with van der Waals surface area (Å²) in [5.74, 6) is 1.49. The zero-order chi connectivity index (χ0) is 22.0. The smallest absolute Gasteiger partial charge is 0.227 e. The van der Waals surface area contributed by atoms with Gasteiger partial charge in [0.15, 0.2) is 16.6 Å². The summed E-state index contributed by atoms with van der Waals surface area (Å²) in [5.41, 5.74) is 2.90. The molecule has 1 saturated heterocycles. The molecule has 2 aromatic carbocycles. The van der Waals surface area contributed by atoms with Gasteiger partial charge in [0.2, 0.25) is 11.7 Å². The van der Waals surface area contributed by atoms with Gasteiger partial charge >= 0.3 is 0 Å². The minimum Gasteiger partial charge on any atom is -0.493 e. The molecule has 0 saturated carbocycles. The Hall–Kier alpha value is -3.00. The van der Waals surface area contributed by atoms with Gasteiger partial charge in [0.25, 0.3) is 0 Å². The molecule has 0 atom stereocenters. The first-order valence-corrected chi connectivity index (χ1v) is 11.1. The molecule has 0 radical (unpaired) electrons. The number of nitrogens with one attached hydrogen (secondary N) is 1. The number of hydrogen-bond donors (Lipinski definition) is 1. The van der Waals surface area contributed by atoms with Crippen LogP contribution in [0.1, 0.15) is 18.4 Å². The first-order valence-electron chi connectivity index (χ1n) is 10.3. The number of aryl methyl sites for hydroxylation is 1. The third kappa shape index (κ3) is 4.39. The standard InChI is InChI=1S/C23H27N3O4S/c1-14-5-6-17-20(11-14)31-23(25-17)26-9-7-15(8-10-26)22(27)24-16-12-18(28-2)21(30-4)19(13-16)29-3/h5-6,11-13,15H,7-10H2,1-4H3,(H,24,27). The number of nitrogens with zero attached hydrogens (tertiary/aromatic N) is 2. The van der Waals surface area contributed by atoms with Crippen LogP contribution in [0.2, 0.25) is 0 Å². The summed E-state index contributed by atoms with van der Waals surface area (Å²) in [7, 11) is 4.67. The summed E-state index contributed by atoms with van der Waals surface area (Å²) in [5, 5.41) is 4.04. The van der Waals surface area contributed by atoms with Gasteiger partial charge in [-0.05, 0) is 37.5 Å². The number of amides is 1. The molecule has 0 spiro atoms. The van der Waals surface area contributed by atoms with Crippen molar-refractivity contribution < 1.29 is 19.0 Å². The van der Waals surface area contributed by atoms with Gasteiger partial charge in [-0.3, -0.25) is 4.79 Å². The average molecular weight is 442 g/mol. The van der Waals surface area contributed by atoms with Crippen LogP contribution in [-0.2, 0) is 4.79 Å². The normalized spacial score (nSPS) is 14.5. The van der Waals surface area contributed by atoms with E-state index in [4.69, 9.17) is 19.2 Å². The van der Waals surface area contributed by atoms with Crippen LogP contribution in [0.5, 0.6) is 17.2 Å². The number of fused-ring (bicyclic) bond motifs is 1. The Morgan fingerprint density at radius 2 is 1.74 bits per heavy atom. The monoisotopic (exact) mass is 441 g/mol. The van der Waals surface area contributed by atoms with E-state index < -0.39 is 0 Å². The van der Waals surface area contributed by atoms with E-state index in [9.17, 15) is 4.79 Å². The van der Waals surface area contributed by atoms with E-state index >= 15 is 0 Å². The number of methoxy groups -OCH3 is 3. The Labute approximate surface area is 185 Å². The average Bonchev–Trinajstić information content (AvgIpc) is 3.21. The van der Waals surface area contributed by atoms with E-state index in [1.807, 2.05) is 0 Å². The number of carbonyl (C=O) groups is 1. The number of anilines is 2. The lowest BCUT2D eigenvalue weighted by molar-refractivity contribution is -0.120. The quantitative estimate of drug-likeness (QED) is 0.608. The summed E-state index contributed by atoms with van der Waals surface area (Å²) in [4.78, 5) is 19.9. The van der Waals surface area contributed by atoms with Gasteiger partial charge in [-0.2, -0.15) is 0 Å². The minimum atomic E-state index is -0.0491. The van der Waals surface area contributed by atoms with Gasteiger partial charge in [-0.25, -0.2) is 4.98 Å². The molecule has 0 aliphatic carbocycles. The van der Waals surface area contributed by atoms with Crippen LogP contribution < -0.4 is 24.4 Å². The molecule has 2 heterocycles. The second-order valence-corrected chi connectivity index (χ2v) is 8.64.